The summed E-state index contributed by atoms with van der Waals surface area (Å²) in [5.74, 6) is -0.428. The summed E-state index contributed by atoms with van der Waals surface area (Å²) < 4.78 is 38.7. The van der Waals surface area contributed by atoms with Crippen LogP contribution in [-0.2, 0) is 4.79 Å². The number of pyridine rings is 1. The lowest BCUT2D eigenvalue weighted by molar-refractivity contribution is -0.130. The topological polar surface area (TPSA) is 116 Å². The molecule has 12 heteroatoms. The fourth-order valence-corrected chi connectivity index (χ4v) is 8.20. The van der Waals surface area contributed by atoms with Crippen LogP contribution in [-0.4, -0.2) is 85.7 Å². The van der Waals surface area contributed by atoms with Crippen molar-refractivity contribution in [1.82, 2.24) is 34.8 Å². The summed E-state index contributed by atoms with van der Waals surface area (Å²) in [4.78, 5) is 21.8. The molecule has 2 saturated heterocycles. The van der Waals surface area contributed by atoms with Crippen LogP contribution < -0.4 is 4.74 Å². The number of hydrogen-bond acceptors (Lipinski definition) is 7. The van der Waals surface area contributed by atoms with Crippen LogP contribution in [0, 0.1) is 37.9 Å². The summed E-state index contributed by atoms with van der Waals surface area (Å²) in [6.45, 7) is 8.59. The molecular weight excluding hydrogens is 638 g/mol. The number of piperidine rings is 1. The minimum atomic E-state index is -0.736. The number of likely N-dealkylation sites (N-methyl/N-ethyl adjacent to an activating group) is 1. The third-order valence-corrected chi connectivity index (χ3v) is 10.9. The second-order valence-electron chi connectivity index (χ2n) is 13.9. The third-order valence-electron chi connectivity index (χ3n) is 10.9. The first kappa shape index (κ1) is 33.6. The van der Waals surface area contributed by atoms with Crippen LogP contribution >= 0.6 is 0 Å². The molecule has 3 aromatic heterocycles. The molecule has 4 atom stereocenters. The highest BCUT2D eigenvalue weighted by atomic mass is 19.1. The normalized spacial score (nSPS) is 20.8. The van der Waals surface area contributed by atoms with Crippen molar-refractivity contribution in [3.05, 3.63) is 59.2 Å². The highest BCUT2D eigenvalue weighted by Gasteiger charge is 2.35. The van der Waals surface area contributed by atoms with E-state index in [-0.39, 0.29) is 42.1 Å². The van der Waals surface area contributed by atoms with Crippen molar-refractivity contribution in [3.8, 4) is 23.1 Å². The average molecular weight is 681 g/mol. The minimum Gasteiger partial charge on any atom is -0.472 e. The van der Waals surface area contributed by atoms with Crippen LogP contribution in [0.2, 0.25) is 0 Å². The van der Waals surface area contributed by atoms with Gasteiger partial charge in [0, 0.05) is 41.0 Å². The van der Waals surface area contributed by atoms with Crippen LogP contribution in [0.4, 0.5) is 8.78 Å². The van der Waals surface area contributed by atoms with Crippen molar-refractivity contribution in [2.75, 3.05) is 26.8 Å². The number of carbonyl (C=O) groups excluding carboxylic acids is 1. The molecule has 7 rings (SSSR count). The van der Waals surface area contributed by atoms with E-state index in [0.717, 1.165) is 52.5 Å². The summed E-state index contributed by atoms with van der Waals surface area (Å²) in [6, 6.07) is 5.85. The second-order valence-corrected chi connectivity index (χ2v) is 13.9. The van der Waals surface area contributed by atoms with E-state index in [1.807, 2.05) is 44.5 Å². The molecule has 0 bridgehead atoms. The Balaban J connectivity index is 1.41. The fraction of sp³-hybridized carbons (Fsp3) is 0.447. The van der Waals surface area contributed by atoms with Crippen molar-refractivity contribution in [2.24, 2.45) is 0 Å². The van der Waals surface area contributed by atoms with Gasteiger partial charge in [-0.05, 0) is 107 Å². The van der Waals surface area contributed by atoms with E-state index < -0.39 is 12.5 Å². The number of benzene rings is 2. The van der Waals surface area contributed by atoms with Gasteiger partial charge in [-0.2, -0.15) is 15.5 Å². The maximum atomic E-state index is 17.4. The molecule has 0 spiro atoms. The van der Waals surface area contributed by atoms with E-state index in [4.69, 9.17) is 14.8 Å². The molecule has 0 saturated carbocycles. The zero-order valence-corrected chi connectivity index (χ0v) is 29.1. The number of allylic oxidation sites excluding steroid dienone is 1. The Kier molecular flexibility index (Phi) is 9.03. The average Bonchev–Trinajstić information content (AvgIpc) is 3.86. The van der Waals surface area contributed by atoms with Crippen molar-refractivity contribution < 1.29 is 18.3 Å². The molecule has 2 fully saturated rings. The number of fused-ring (bicyclic) bond motifs is 4. The summed E-state index contributed by atoms with van der Waals surface area (Å²) in [7, 11) is 2.09. The Labute approximate surface area is 289 Å². The maximum absolute atomic E-state index is 17.4. The Bertz CT molecular complexity index is 2180. The lowest BCUT2D eigenvalue weighted by Gasteiger charge is -2.38. The third kappa shape index (κ3) is 5.67. The van der Waals surface area contributed by atoms with E-state index in [2.05, 4.69) is 28.2 Å². The van der Waals surface area contributed by atoms with E-state index in [0.29, 0.717) is 47.1 Å². The molecule has 1 unspecified atom stereocenters. The molecule has 260 valence electrons. The zero-order valence-electron chi connectivity index (χ0n) is 29.1. The number of halogens is 2. The minimum absolute atomic E-state index is 0.128. The molecule has 1 N–H and O–H groups in total. The number of carbonyl (C=O) groups is 1. The number of hydrogen-bond donors (Lipinski definition) is 1. The molecular formula is C38H42F2N8O2. The summed E-state index contributed by atoms with van der Waals surface area (Å²) >= 11 is 0. The number of alkyl halides is 1. The van der Waals surface area contributed by atoms with Crippen LogP contribution in [0.1, 0.15) is 61.8 Å². The van der Waals surface area contributed by atoms with Gasteiger partial charge >= 0.3 is 0 Å². The Morgan fingerprint density at radius 2 is 1.96 bits per heavy atom. The number of likely N-dealkylation sites (tertiary alicyclic amines) is 2. The summed E-state index contributed by atoms with van der Waals surface area (Å²) in [5, 5.41) is 24.0. The van der Waals surface area contributed by atoms with Gasteiger partial charge in [0.2, 0.25) is 11.8 Å². The molecule has 10 nitrogen and oxygen atoms in total. The molecule has 2 aliphatic heterocycles. The molecule has 2 aliphatic rings. The number of rotatable bonds is 8. The van der Waals surface area contributed by atoms with Gasteiger partial charge in [0.1, 0.15) is 18.3 Å². The predicted octanol–water partition coefficient (Wildman–Crippen LogP) is 7.03. The van der Waals surface area contributed by atoms with Crippen molar-refractivity contribution in [3.63, 3.8) is 0 Å². The number of nitrogens with one attached hydrogen (secondary N) is 1. The lowest BCUT2D eigenvalue weighted by Crippen LogP contribution is -2.46. The molecule has 5 aromatic rings. The van der Waals surface area contributed by atoms with E-state index in [1.165, 1.54) is 12.2 Å². The highest BCUT2D eigenvalue weighted by molar-refractivity contribution is 6.09. The van der Waals surface area contributed by atoms with Crippen LogP contribution in [0.15, 0.2) is 36.7 Å². The number of nitriles is 1. The first-order valence-electron chi connectivity index (χ1n) is 17.3. The summed E-state index contributed by atoms with van der Waals surface area (Å²) in [5.41, 5.74) is 5.72. The van der Waals surface area contributed by atoms with Crippen LogP contribution in [0.5, 0.6) is 5.88 Å². The Morgan fingerprint density at radius 3 is 2.70 bits per heavy atom. The van der Waals surface area contributed by atoms with Crippen LogP contribution in [0.25, 0.3) is 43.8 Å². The first-order valence-corrected chi connectivity index (χ1v) is 17.3. The molecule has 50 heavy (non-hydrogen) atoms. The number of aryl methyl sites for hydroxylation is 2. The number of nitrogens with zero attached hydrogens (tertiary/aromatic N) is 7. The predicted molar refractivity (Wildman–Crippen MR) is 189 cm³/mol. The monoisotopic (exact) mass is 680 g/mol. The quantitative estimate of drug-likeness (QED) is 0.175. The van der Waals surface area contributed by atoms with Gasteiger partial charge in [0.05, 0.1) is 47.3 Å². The number of ether oxygens (including phenoxy) is 1. The standard InChI is InChI=1S/C38H42F2N8O2/c1-21-17-30-28(19-42-45-30)34(23(21)3)33-22(2)16-27-36(35(33)40)44-38(50-24(4)31-8-7-14-46(31)5)29-20-43-48(37(27)29)26-11-15-47(25(18-26)10-13-41)32(49)9-6-12-39/h6,9,16-17,19-20,24-26,31H,7-8,10-12,14-15,18H2,1-5H3,(H,42,45)/b9-6+/t24-,25+,26-,31?/m0/s1. The zero-order chi connectivity index (χ0) is 35.3. The molecule has 2 aromatic carbocycles. The number of H-pyrrole nitrogens is 1. The molecule has 5 heterocycles. The second kappa shape index (κ2) is 13.4. The van der Waals surface area contributed by atoms with Gasteiger partial charge in [0.25, 0.3) is 0 Å². The smallest absolute Gasteiger partial charge is 0.246 e. The van der Waals surface area contributed by atoms with Gasteiger partial charge in [-0.15, -0.1) is 0 Å². The Morgan fingerprint density at radius 1 is 1.14 bits per heavy atom. The van der Waals surface area contributed by atoms with Crippen molar-refractivity contribution in [2.45, 2.75) is 84.0 Å². The number of aromatic amines is 1. The van der Waals surface area contributed by atoms with E-state index in [9.17, 15) is 14.4 Å². The van der Waals surface area contributed by atoms with Gasteiger partial charge in [0.15, 0.2) is 5.82 Å². The number of aromatic nitrogens is 5. The van der Waals surface area contributed by atoms with Gasteiger partial charge < -0.3 is 9.64 Å². The van der Waals surface area contributed by atoms with E-state index in [1.54, 1.807) is 17.3 Å². The van der Waals surface area contributed by atoms with Gasteiger partial charge in [-0.25, -0.2) is 13.8 Å². The van der Waals surface area contributed by atoms with Crippen molar-refractivity contribution >= 4 is 38.6 Å². The SMILES string of the molecule is Cc1cc2[nH]ncc2c(-c2c(C)cc3c(nc(O[C@@H](C)C4CCCN4C)c4cnn([C@H]5CCN(C(=O)/C=C/CF)[C@H](CC#N)C5)c43)c2F)c1C. The maximum Gasteiger partial charge on any atom is 0.246 e. The first-order chi connectivity index (χ1) is 24.1. The largest absolute Gasteiger partial charge is 0.472 e. The molecule has 0 radical (unpaired) electrons. The van der Waals surface area contributed by atoms with Gasteiger partial charge in [-0.3, -0.25) is 19.5 Å². The Hall–Kier alpha value is -4.89. The molecule has 0 aliphatic carbocycles. The number of amides is 1. The highest BCUT2D eigenvalue weighted by Crippen LogP contribution is 2.43. The molecule has 1 amide bonds. The van der Waals surface area contributed by atoms with Crippen molar-refractivity contribution in [1.29, 1.82) is 5.26 Å². The lowest BCUT2D eigenvalue weighted by atomic mass is 9.89. The fourth-order valence-electron chi connectivity index (χ4n) is 8.20. The van der Waals surface area contributed by atoms with Gasteiger partial charge in [-0.1, -0.05) is 0 Å². The summed E-state index contributed by atoms with van der Waals surface area (Å²) in [6.07, 6.45) is 8.91. The van der Waals surface area contributed by atoms with E-state index >= 15 is 4.39 Å². The van der Waals surface area contributed by atoms with Crippen LogP contribution in [0.3, 0.4) is 0 Å².